The predicted octanol–water partition coefficient (Wildman–Crippen LogP) is 16.0. The maximum absolute atomic E-state index is 2.44. The van der Waals surface area contributed by atoms with Crippen LogP contribution in [0.3, 0.4) is 0 Å². The molecule has 258 valence electrons. The largest absolute Gasteiger partial charge is 0.310 e. The Morgan fingerprint density at radius 1 is 0.309 bits per heavy atom. The minimum absolute atomic E-state index is 1.11. The van der Waals surface area contributed by atoms with Crippen molar-refractivity contribution in [3.8, 4) is 33.4 Å². The summed E-state index contributed by atoms with van der Waals surface area (Å²) in [7, 11) is 0. The molecule has 1 nitrogen and oxygen atoms in total. The highest BCUT2D eigenvalue weighted by atomic mass is 32.1. The Bertz CT molecular complexity index is 3220. The van der Waals surface area contributed by atoms with Gasteiger partial charge < -0.3 is 4.90 Å². The molecule has 0 aliphatic carbocycles. The summed E-state index contributed by atoms with van der Waals surface area (Å²) >= 11 is 3.74. The molecule has 0 fully saturated rings. The first kappa shape index (κ1) is 32.0. The number of thiophene rings is 2. The highest BCUT2D eigenvalue weighted by Gasteiger charge is 2.20. The Balaban J connectivity index is 1.10. The molecule has 11 rings (SSSR count). The maximum Gasteiger partial charge on any atom is 0.0540 e. The Hall–Kier alpha value is -6.52. The SMILES string of the molecule is c1cc(-c2cccc3c2sc2ccccc23)cc(N(c2ccc(-c3cccc4ccccc34)cc2)c2ccccc2-c2ccc3sc4ccccc4c3c2)c1. The molecule has 0 atom stereocenters. The van der Waals surface area contributed by atoms with E-state index in [2.05, 4.69) is 205 Å². The molecule has 0 aliphatic rings. The Morgan fingerprint density at radius 2 is 0.891 bits per heavy atom. The summed E-state index contributed by atoms with van der Waals surface area (Å²) in [6.07, 6.45) is 0. The lowest BCUT2D eigenvalue weighted by atomic mass is 9.97. The van der Waals surface area contributed by atoms with Gasteiger partial charge in [0, 0.05) is 57.3 Å². The van der Waals surface area contributed by atoms with Crippen LogP contribution < -0.4 is 4.90 Å². The zero-order chi connectivity index (χ0) is 36.3. The quantitative estimate of drug-likeness (QED) is 0.164. The van der Waals surface area contributed by atoms with Crippen molar-refractivity contribution in [3.05, 3.63) is 200 Å². The minimum atomic E-state index is 1.11. The Morgan fingerprint density at radius 3 is 1.76 bits per heavy atom. The molecule has 0 saturated carbocycles. The lowest BCUT2D eigenvalue weighted by Crippen LogP contribution is -2.11. The highest BCUT2D eigenvalue weighted by molar-refractivity contribution is 7.26. The second-order valence-corrected chi connectivity index (χ2v) is 16.2. The highest BCUT2D eigenvalue weighted by Crippen LogP contribution is 2.46. The molecule has 0 N–H and O–H groups in total. The zero-order valence-electron chi connectivity index (χ0n) is 29.8. The zero-order valence-corrected chi connectivity index (χ0v) is 31.4. The van der Waals surface area contributed by atoms with Gasteiger partial charge in [-0.2, -0.15) is 0 Å². The lowest BCUT2D eigenvalue weighted by Gasteiger charge is -2.28. The first-order chi connectivity index (χ1) is 27.3. The molecular formula is C52H33NS2. The van der Waals surface area contributed by atoms with Crippen LogP contribution in [0.1, 0.15) is 0 Å². The normalized spacial score (nSPS) is 11.6. The van der Waals surface area contributed by atoms with E-state index >= 15 is 0 Å². The molecule has 0 aliphatic heterocycles. The summed E-state index contributed by atoms with van der Waals surface area (Å²) in [5, 5.41) is 7.76. The average molecular weight is 736 g/mol. The average Bonchev–Trinajstić information content (AvgIpc) is 3.82. The summed E-state index contributed by atoms with van der Waals surface area (Å²) in [5.41, 5.74) is 10.7. The summed E-state index contributed by atoms with van der Waals surface area (Å²) in [4.78, 5) is 2.44. The molecule has 0 bridgehead atoms. The van der Waals surface area contributed by atoms with E-state index in [0.29, 0.717) is 0 Å². The second kappa shape index (κ2) is 13.1. The van der Waals surface area contributed by atoms with Crippen molar-refractivity contribution in [2.75, 3.05) is 4.90 Å². The predicted molar refractivity (Wildman–Crippen MR) is 241 cm³/mol. The van der Waals surface area contributed by atoms with E-state index in [0.717, 1.165) is 17.1 Å². The molecule has 2 heterocycles. The van der Waals surface area contributed by atoms with E-state index in [1.165, 1.54) is 84.5 Å². The van der Waals surface area contributed by atoms with Crippen molar-refractivity contribution >= 4 is 90.9 Å². The van der Waals surface area contributed by atoms with Crippen LogP contribution in [-0.4, -0.2) is 0 Å². The van der Waals surface area contributed by atoms with Gasteiger partial charge in [0.05, 0.1) is 5.69 Å². The minimum Gasteiger partial charge on any atom is -0.310 e. The van der Waals surface area contributed by atoms with Crippen LogP contribution in [-0.2, 0) is 0 Å². The summed E-state index contributed by atoms with van der Waals surface area (Å²) < 4.78 is 5.27. The molecule has 11 aromatic rings. The van der Waals surface area contributed by atoms with Crippen molar-refractivity contribution in [2.24, 2.45) is 0 Å². The van der Waals surface area contributed by atoms with E-state index in [1.807, 2.05) is 22.7 Å². The Labute approximate surface area is 327 Å². The third-order valence-electron chi connectivity index (χ3n) is 10.9. The van der Waals surface area contributed by atoms with Gasteiger partial charge in [0.2, 0.25) is 0 Å². The molecule has 0 saturated heterocycles. The fourth-order valence-corrected chi connectivity index (χ4v) is 10.6. The molecule has 3 heteroatoms. The molecule has 0 amide bonds. The summed E-state index contributed by atoms with van der Waals surface area (Å²) in [6.45, 7) is 0. The number of fused-ring (bicyclic) bond motifs is 7. The molecule has 0 spiro atoms. The lowest BCUT2D eigenvalue weighted by molar-refractivity contribution is 1.28. The van der Waals surface area contributed by atoms with Gasteiger partial charge in [0.15, 0.2) is 0 Å². The van der Waals surface area contributed by atoms with Crippen molar-refractivity contribution in [1.82, 2.24) is 0 Å². The van der Waals surface area contributed by atoms with Gasteiger partial charge in [-0.25, -0.2) is 0 Å². The molecule has 9 aromatic carbocycles. The van der Waals surface area contributed by atoms with Crippen LogP contribution in [0.4, 0.5) is 17.1 Å². The van der Waals surface area contributed by atoms with Crippen molar-refractivity contribution in [1.29, 1.82) is 0 Å². The van der Waals surface area contributed by atoms with Crippen LogP contribution in [0, 0.1) is 0 Å². The molecule has 55 heavy (non-hydrogen) atoms. The number of benzene rings is 9. The first-order valence-electron chi connectivity index (χ1n) is 18.7. The number of hydrogen-bond donors (Lipinski definition) is 0. The molecule has 0 unspecified atom stereocenters. The van der Waals surface area contributed by atoms with E-state index < -0.39 is 0 Å². The van der Waals surface area contributed by atoms with Gasteiger partial charge in [0.1, 0.15) is 0 Å². The van der Waals surface area contributed by atoms with Gasteiger partial charge in [-0.1, -0.05) is 146 Å². The smallest absolute Gasteiger partial charge is 0.0540 e. The van der Waals surface area contributed by atoms with Crippen molar-refractivity contribution in [2.45, 2.75) is 0 Å². The molecule has 0 radical (unpaired) electrons. The van der Waals surface area contributed by atoms with E-state index in [1.54, 1.807) is 0 Å². The molecule has 2 aromatic heterocycles. The Kier molecular flexibility index (Phi) is 7.61. The summed E-state index contributed by atoms with van der Waals surface area (Å²) in [5.74, 6) is 0. The number of para-hydroxylation sites is 1. The van der Waals surface area contributed by atoms with Crippen LogP contribution in [0.15, 0.2) is 200 Å². The van der Waals surface area contributed by atoms with Crippen molar-refractivity contribution in [3.63, 3.8) is 0 Å². The third kappa shape index (κ3) is 5.43. The van der Waals surface area contributed by atoms with Gasteiger partial charge in [-0.15, -0.1) is 22.7 Å². The topological polar surface area (TPSA) is 3.24 Å². The summed E-state index contributed by atoms with van der Waals surface area (Å²) in [6, 6.07) is 73.5. The molecular weight excluding hydrogens is 703 g/mol. The monoisotopic (exact) mass is 735 g/mol. The van der Waals surface area contributed by atoms with Gasteiger partial charge in [0.25, 0.3) is 0 Å². The van der Waals surface area contributed by atoms with Crippen molar-refractivity contribution < 1.29 is 0 Å². The first-order valence-corrected chi connectivity index (χ1v) is 20.3. The fourth-order valence-electron chi connectivity index (χ4n) is 8.29. The van der Waals surface area contributed by atoms with Crippen LogP contribution >= 0.6 is 22.7 Å². The van der Waals surface area contributed by atoms with E-state index in [-0.39, 0.29) is 0 Å². The number of rotatable bonds is 6. The van der Waals surface area contributed by atoms with Crippen LogP contribution in [0.2, 0.25) is 0 Å². The van der Waals surface area contributed by atoms with E-state index in [4.69, 9.17) is 0 Å². The fraction of sp³-hybridized carbons (Fsp3) is 0. The van der Waals surface area contributed by atoms with Crippen LogP contribution in [0.5, 0.6) is 0 Å². The van der Waals surface area contributed by atoms with Crippen LogP contribution in [0.25, 0.3) is 84.5 Å². The number of nitrogens with zero attached hydrogens (tertiary/aromatic N) is 1. The number of hydrogen-bond acceptors (Lipinski definition) is 3. The maximum atomic E-state index is 2.44. The number of anilines is 3. The van der Waals surface area contributed by atoms with Gasteiger partial charge >= 0.3 is 0 Å². The second-order valence-electron chi connectivity index (χ2n) is 14.1. The van der Waals surface area contributed by atoms with E-state index in [9.17, 15) is 0 Å². The van der Waals surface area contributed by atoms with Gasteiger partial charge in [-0.05, 0) is 93.2 Å². The third-order valence-corrected chi connectivity index (χ3v) is 13.3. The standard InChI is InChI=1S/C52H33NS2/c1-2-16-40-34(12-1)13-10-20-41(40)35-26-29-38(30-27-35)53(39-15-9-14-36(32-39)43-21-11-22-46-44-18-4-8-25-50(44)55-52(43)46)48-23-6-3-17-42(48)37-28-31-51-47(33-37)45-19-5-7-24-49(45)54-51/h1-33H. The van der Waals surface area contributed by atoms with Gasteiger partial charge in [-0.3, -0.25) is 0 Å².